The summed E-state index contributed by atoms with van der Waals surface area (Å²) in [5, 5.41) is 1.16. The highest BCUT2D eigenvalue weighted by Gasteiger charge is 2.23. The van der Waals surface area contributed by atoms with Crippen molar-refractivity contribution in [2.75, 3.05) is 50.7 Å². The molecule has 3 heterocycles. The van der Waals surface area contributed by atoms with Crippen LogP contribution >= 0.6 is 0 Å². The Bertz CT molecular complexity index is 764. The molecule has 0 radical (unpaired) electrons. The zero-order valence-corrected chi connectivity index (χ0v) is 15.5. The number of piperidine rings is 1. The molecule has 0 saturated carbocycles. The SMILES string of the molecule is CCN1CCN(c2ccc3c(C4CCN(C=O)CC4)ncnc3c2)CC1. The molecule has 0 unspecified atom stereocenters. The molecule has 2 aliphatic rings. The lowest BCUT2D eigenvalue weighted by Gasteiger charge is -2.35. The Kier molecular flexibility index (Phi) is 5.02. The van der Waals surface area contributed by atoms with Gasteiger partial charge in [-0.15, -0.1) is 0 Å². The fourth-order valence-corrected chi connectivity index (χ4v) is 4.19. The summed E-state index contributed by atoms with van der Waals surface area (Å²) in [6.45, 7) is 9.38. The molecule has 138 valence electrons. The van der Waals surface area contributed by atoms with Gasteiger partial charge < -0.3 is 14.7 Å². The van der Waals surface area contributed by atoms with Crippen molar-refractivity contribution >= 4 is 23.0 Å². The highest BCUT2D eigenvalue weighted by atomic mass is 16.1. The van der Waals surface area contributed by atoms with Crippen molar-refractivity contribution in [2.45, 2.75) is 25.7 Å². The number of amides is 1. The maximum Gasteiger partial charge on any atom is 0.209 e. The summed E-state index contributed by atoms with van der Waals surface area (Å²) in [4.78, 5) is 26.9. The van der Waals surface area contributed by atoms with Gasteiger partial charge >= 0.3 is 0 Å². The summed E-state index contributed by atoms with van der Waals surface area (Å²) in [6.07, 6.45) is 4.61. The van der Waals surface area contributed by atoms with E-state index in [1.165, 1.54) is 5.69 Å². The van der Waals surface area contributed by atoms with E-state index in [2.05, 4.69) is 44.9 Å². The van der Waals surface area contributed by atoms with Crippen LogP contribution in [0.25, 0.3) is 10.9 Å². The van der Waals surface area contributed by atoms with Crippen LogP contribution in [0.1, 0.15) is 31.4 Å². The summed E-state index contributed by atoms with van der Waals surface area (Å²) in [5.74, 6) is 0.413. The molecule has 0 atom stereocenters. The molecule has 0 bridgehead atoms. The number of hydrogen-bond acceptors (Lipinski definition) is 5. The smallest absolute Gasteiger partial charge is 0.209 e. The van der Waals surface area contributed by atoms with Crippen molar-refractivity contribution in [3.63, 3.8) is 0 Å². The van der Waals surface area contributed by atoms with Gasteiger partial charge in [-0.05, 0) is 37.6 Å². The minimum Gasteiger partial charge on any atom is -0.369 e. The summed E-state index contributed by atoms with van der Waals surface area (Å²) in [7, 11) is 0. The van der Waals surface area contributed by atoms with Crippen LogP contribution in [-0.2, 0) is 4.79 Å². The van der Waals surface area contributed by atoms with E-state index in [0.717, 1.165) is 81.7 Å². The van der Waals surface area contributed by atoms with Crippen LogP contribution in [0.4, 0.5) is 5.69 Å². The van der Waals surface area contributed by atoms with E-state index >= 15 is 0 Å². The predicted octanol–water partition coefficient (Wildman–Crippen LogP) is 2.11. The van der Waals surface area contributed by atoms with Crippen molar-refractivity contribution < 1.29 is 4.79 Å². The predicted molar refractivity (Wildman–Crippen MR) is 103 cm³/mol. The number of hydrogen-bond donors (Lipinski definition) is 0. The highest BCUT2D eigenvalue weighted by molar-refractivity contribution is 5.84. The highest BCUT2D eigenvalue weighted by Crippen LogP contribution is 2.32. The van der Waals surface area contributed by atoms with Gasteiger partial charge in [-0.25, -0.2) is 9.97 Å². The maximum absolute atomic E-state index is 10.9. The molecule has 6 nitrogen and oxygen atoms in total. The molecule has 4 rings (SSSR count). The van der Waals surface area contributed by atoms with E-state index in [1.54, 1.807) is 6.33 Å². The van der Waals surface area contributed by atoms with Gasteiger partial charge in [-0.1, -0.05) is 6.92 Å². The van der Waals surface area contributed by atoms with E-state index in [-0.39, 0.29) is 0 Å². The molecule has 2 aromatic rings. The first-order valence-electron chi connectivity index (χ1n) is 9.70. The van der Waals surface area contributed by atoms with Crippen molar-refractivity contribution in [3.8, 4) is 0 Å². The Morgan fingerprint density at radius 3 is 2.54 bits per heavy atom. The van der Waals surface area contributed by atoms with Crippen LogP contribution in [0.2, 0.25) is 0 Å². The van der Waals surface area contributed by atoms with Gasteiger partial charge in [-0.2, -0.15) is 0 Å². The topological polar surface area (TPSA) is 52.6 Å². The van der Waals surface area contributed by atoms with Crippen LogP contribution in [-0.4, -0.2) is 72.0 Å². The number of carbonyl (C=O) groups is 1. The monoisotopic (exact) mass is 353 g/mol. The Morgan fingerprint density at radius 1 is 1.08 bits per heavy atom. The Labute approximate surface area is 154 Å². The number of nitrogens with zero attached hydrogens (tertiary/aromatic N) is 5. The third kappa shape index (κ3) is 3.38. The number of anilines is 1. The lowest BCUT2D eigenvalue weighted by Crippen LogP contribution is -2.46. The van der Waals surface area contributed by atoms with E-state index in [9.17, 15) is 4.79 Å². The van der Waals surface area contributed by atoms with Gasteiger partial charge in [0.1, 0.15) is 6.33 Å². The average molecular weight is 353 g/mol. The molecular weight excluding hydrogens is 326 g/mol. The lowest BCUT2D eigenvalue weighted by atomic mass is 9.91. The van der Waals surface area contributed by atoms with Crippen LogP contribution in [0.15, 0.2) is 24.5 Å². The Hall–Kier alpha value is -2.21. The molecule has 0 spiro atoms. The number of likely N-dealkylation sites (N-methyl/N-ethyl adjacent to an activating group) is 1. The van der Waals surface area contributed by atoms with E-state index < -0.39 is 0 Å². The quantitative estimate of drug-likeness (QED) is 0.788. The van der Waals surface area contributed by atoms with Gasteiger partial charge in [0.05, 0.1) is 11.2 Å². The average Bonchev–Trinajstić information content (AvgIpc) is 2.73. The standard InChI is InChI=1S/C20H27N5O/c1-2-23-9-11-25(12-10-23)17-3-4-18-19(13-17)21-14-22-20(18)16-5-7-24(15-26)8-6-16/h3-4,13-16H,2,5-12H2,1H3. The molecule has 1 aromatic heterocycles. The lowest BCUT2D eigenvalue weighted by molar-refractivity contribution is -0.119. The summed E-state index contributed by atoms with van der Waals surface area (Å²) in [5.41, 5.74) is 3.43. The molecule has 26 heavy (non-hydrogen) atoms. The summed E-state index contributed by atoms with van der Waals surface area (Å²) < 4.78 is 0. The first-order valence-corrected chi connectivity index (χ1v) is 9.70. The van der Waals surface area contributed by atoms with Crippen LogP contribution in [0.5, 0.6) is 0 Å². The fraction of sp³-hybridized carbons (Fsp3) is 0.550. The summed E-state index contributed by atoms with van der Waals surface area (Å²) >= 11 is 0. The van der Waals surface area contributed by atoms with Crippen molar-refractivity contribution in [2.24, 2.45) is 0 Å². The third-order valence-electron chi connectivity index (χ3n) is 5.90. The minimum atomic E-state index is 0.413. The second kappa shape index (κ2) is 7.58. The molecule has 2 saturated heterocycles. The van der Waals surface area contributed by atoms with Crippen LogP contribution in [0.3, 0.4) is 0 Å². The van der Waals surface area contributed by atoms with Crippen molar-refractivity contribution in [3.05, 3.63) is 30.2 Å². The normalized spacial score (nSPS) is 19.9. The molecule has 2 fully saturated rings. The number of carbonyl (C=O) groups excluding carboxylic acids is 1. The first kappa shape index (κ1) is 17.2. The zero-order chi connectivity index (χ0) is 17.9. The Morgan fingerprint density at radius 2 is 1.85 bits per heavy atom. The number of rotatable bonds is 4. The summed E-state index contributed by atoms with van der Waals surface area (Å²) in [6, 6.07) is 6.62. The van der Waals surface area contributed by atoms with Gasteiger partial charge in [0.15, 0.2) is 0 Å². The fourth-order valence-electron chi connectivity index (χ4n) is 4.19. The molecule has 0 aliphatic carbocycles. The number of fused-ring (bicyclic) bond motifs is 1. The number of piperazine rings is 1. The first-order chi connectivity index (χ1) is 12.8. The maximum atomic E-state index is 10.9. The van der Waals surface area contributed by atoms with Gasteiger partial charge in [-0.3, -0.25) is 4.79 Å². The number of aromatic nitrogens is 2. The van der Waals surface area contributed by atoms with E-state index in [1.807, 2.05) is 4.90 Å². The van der Waals surface area contributed by atoms with Crippen LogP contribution in [0, 0.1) is 0 Å². The van der Waals surface area contributed by atoms with Crippen molar-refractivity contribution in [1.82, 2.24) is 19.8 Å². The molecule has 1 amide bonds. The molecular formula is C20H27N5O. The van der Waals surface area contributed by atoms with Gasteiger partial charge in [0, 0.05) is 56.3 Å². The number of benzene rings is 1. The van der Waals surface area contributed by atoms with Gasteiger partial charge in [0.25, 0.3) is 0 Å². The Balaban J connectivity index is 1.55. The van der Waals surface area contributed by atoms with Crippen molar-refractivity contribution in [1.29, 1.82) is 0 Å². The molecule has 2 aliphatic heterocycles. The zero-order valence-electron chi connectivity index (χ0n) is 15.5. The largest absolute Gasteiger partial charge is 0.369 e. The van der Waals surface area contributed by atoms with Crippen LogP contribution < -0.4 is 4.90 Å². The second-order valence-electron chi connectivity index (χ2n) is 7.30. The molecule has 6 heteroatoms. The van der Waals surface area contributed by atoms with E-state index in [4.69, 9.17) is 0 Å². The second-order valence-corrected chi connectivity index (χ2v) is 7.30. The number of likely N-dealkylation sites (tertiary alicyclic amines) is 1. The third-order valence-corrected chi connectivity index (χ3v) is 5.90. The molecule has 1 aromatic carbocycles. The van der Waals surface area contributed by atoms with E-state index in [0.29, 0.717) is 5.92 Å². The molecule has 0 N–H and O–H groups in total. The van der Waals surface area contributed by atoms with Gasteiger partial charge in [0.2, 0.25) is 6.41 Å². The minimum absolute atomic E-state index is 0.413.